The average molecular weight is 227 g/mol. The van der Waals surface area contributed by atoms with Crippen molar-refractivity contribution in [1.82, 2.24) is 0 Å². The van der Waals surface area contributed by atoms with Gasteiger partial charge >= 0.3 is 0 Å². The third-order valence-electron chi connectivity index (χ3n) is 2.02. The van der Waals surface area contributed by atoms with E-state index < -0.39 is 5.82 Å². The van der Waals surface area contributed by atoms with Crippen molar-refractivity contribution >= 4 is 17.4 Å². The highest BCUT2D eigenvalue weighted by Gasteiger charge is 2.08. The van der Waals surface area contributed by atoms with E-state index in [-0.39, 0.29) is 10.8 Å². The van der Waals surface area contributed by atoms with Gasteiger partial charge in [0, 0.05) is 12.0 Å². The van der Waals surface area contributed by atoms with Crippen molar-refractivity contribution in [3.8, 4) is 0 Å². The second-order valence-corrected chi connectivity index (χ2v) is 3.92. The van der Waals surface area contributed by atoms with E-state index in [9.17, 15) is 9.18 Å². The van der Waals surface area contributed by atoms with Crippen molar-refractivity contribution in [3.63, 3.8) is 0 Å². The first-order valence-corrected chi connectivity index (χ1v) is 5.01. The third-order valence-corrected chi connectivity index (χ3v) is 2.33. The minimum atomic E-state index is -0.558. The van der Waals surface area contributed by atoms with Crippen molar-refractivity contribution < 1.29 is 9.18 Å². The lowest BCUT2D eigenvalue weighted by molar-refractivity contribution is 0.0982. The number of hydrogen-bond acceptors (Lipinski definition) is 1. The van der Waals surface area contributed by atoms with E-state index in [1.807, 2.05) is 6.92 Å². The Morgan fingerprint density at radius 1 is 1.47 bits per heavy atom. The molecule has 0 saturated heterocycles. The molecule has 0 bridgehead atoms. The fraction of sp³-hybridized carbons (Fsp3) is 0.250. The van der Waals surface area contributed by atoms with Crippen LogP contribution in [0.2, 0.25) is 5.02 Å². The molecule has 0 radical (unpaired) electrons. The minimum Gasteiger partial charge on any atom is -0.294 e. The summed E-state index contributed by atoms with van der Waals surface area (Å²) in [5, 5.41) is 0.0338. The van der Waals surface area contributed by atoms with Crippen LogP contribution in [-0.4, -0.2) is 5.78 Å². The first-order valence-electron chi connectivity index (χ1n) is 4.63. The van der Waals surface area contributed by atoms with Crippen LogP contribution in [0.1, 0.15) is 30.1 Å². The maximum atomic E-state index is 13.0. The van der Waals surface area contributed by atoms with Crippen LogP contribution in [0.5, 0.6) is 0 Å². The largest absolute Gasteiger partial charge is 0.294 e. The van der Waals surface area contributed by atoms with Gasteiger partial charge in [0.1, 0.15) is 5.82 Å². The molecule has 0 atom stereocenters. The van der Waals surface area contributed by atoms with Crippen LogP contribution in [0, 0.1) is 5.82 Å². The fourth-order valence-electron chi connectivity index (χ4n) is 1.14. The molecule has 0 heterocycles. The van der Waals surface area contributed by atoms with E-state index >= 15 is 0 Å². The number of rotatable bonds is 4. The number of halogens is 2. The molecule has 0 aliphatic carbocycles. The Hall–Kier alpha value is -1.15. The molecule has 0 saturated carbocycles. The number of carbonyl (C=O) groups excluding carboxylic acids is 1. The first-order chi connectivity index (χ1) is 7.00. The van der Waals surface area contributed by atoms with E-state index in [1.54, 1.807) is 0 Å². The SMILES string of the molecule is C=C(C)CCC(=O)c1ccc(Cl)c(F)c1. The van der Waals surface area contributed by atoms with Crippen molar-refractivity contribution in [2.45, 2.75) is 19.8 Å². The lowest BCUT2D eigenvalue weighted by Crippen LogP contribution is -1.99. The molecule has 15 heavy (non-hydrogen) atoms. The zero-order valence-corrected chi connectivity index (χ0v) is 9.27. The van der Waals surface area contributed by atoms with Crippen LogP contribution < -0.4 is 0 Å². The number of carbonyl (C=O) groups is 1. The van der Waals surface area contributed by atoms with Gasteiger partial charge in [0.05, 0.1) is 5.02 Å². The Kier molecular flexibility index (Phi) is 4.04. The molecule has 80 valence electrons. The average Bonchev–Trinajstić information content (AvgIpc) is 2.18. The Morgan fingerprint density at radius 2 is 2.13 bits per heavy atom. The highest BCUT2D eigenvalue weighted by molar-refractivity contribution is 6.30. The molecule has 1 aromatic carbocycles. The van der Waals surface area contributed by atoms with Gasteiger partial charge in [-0.3, -0.25) is 4.79 Å². The Balaban J connectivity index is 2.74. The summed E-state index contributed by atoms with van der Waals surface area (Å²) in [7, 11) is 0. The van der Waals surface area contributed by atoms with Crippen molar-refractivity contribution in [2.24, 2.45) is 0 Å². The smallest absolute Gasteiger partial charge is 0.163 e. The lowest BCUT2D eigenvalue weighted by atomic mass is 10.0. The van der Waals surface area contributed by atoms with Gasteiger partial charge in [-0.25, -0.2) is 4.39 Å². The monoisotopic (exact) mass is 226 g/mol. The van der Waals surface area contributed by atoms with Crippen molar-refractivity contribution in [1.29, 1.82) is 0 Å². The van der Waals surface area contributed by atoms with E-state index in [2.05, 4.69) is 6.58 Å². The van der Waals surface area contributed by atoms with Crippen LogP contribution in [0.3, 0.4) is 0 Å². The summed E-state index contributed by atoms with van der Waals surface area (Å²) in [5.74, 6) is -0.647. The molecule has 0 unspecified atom stereocenters. The van der Waals surface area contributed by atoms with Gasteiger partial charge in [0.15, 0.2) is 5.78 Å². The highest BCUT2D eigenvalue weighted by atomic mass is 35.5. The summed E-state index contributed by atoms with van der Waals surface area (Å²) in [6, 6.07) is 4.10. The van der Waals surface area contributed by atoms with Gasteiger partial charge in [0.25, 0.3) is 0 Å². The first kappa shape index (κ1) is 11.9. The van der Waals surface area contributed by atoms with Gasteiger partial charge in [-0.05, 0) is 31.5 Å². The molecular weight excluding hydrogens is 215 g/mol. The van der Waals surface area contributed by atoms with Crippen molar-refractivity contribution in [2.75, 3.05) is 0 Å². The normalized spacial score (nSPS) is 10.1. The zero-order chi connectivity index (χ0) is 11.4. The topological polar surface area (TPSA) is 17.1 Å². The van der Waals surface area contributed by atoms with Crippen LogP contribution in [0.25, 0.3) is 0 Å². The zero-order valence-electron chi connectivity index (χ0n) is 8.52. The predicted molar refractivity (Wildman–Crippen MR) is 59.8 cm³/mol. The molecular formula is C12H12ClFO. The molecule has 0 aliphatic heterocycles. The molecule has 0 aliphatic rings. The molecule has 0 fully saturated rings. The molecule has 1 nitrogen and oxygen atoms in total. The van der Waals surface area contributed by atoms with E-state index in [1.165, 1.54) is 18.2 Å². The fourth-order valence-corrected chi connectivity index (χ4v) is 1.26. The van der Waals surface area contributed by atoms with Gasteiger partial charge < -0.3 is 0 Å². The summed E-state index contributed by atoms with van der Waals surface area (Å²) in [4.78, 5) is 11.6. The van der Waals surface area contributed by atoms with Crippen molar-refractivity contribution in [3.05, 3.63) is 46.8 Å². The third kappa shape index (κ3) is 3.48. The predicted octanol–water partition coefficient (Wildman–Crippen LogP) is 4.02. The highest BCUT2D eigenvalue weighted by Crippen LogP contribution is 2.17. The molecule has 3 heteroatoms. The summed E-state index contributed by atoms with van der Waals surface area (Å²) < 4.78 is 13.0. The Labute approximate surface area is 93.6 Å². The standard InChI is InChI=1S/C12H12ClFO/c1-8(2)3-6-12(15)9-4-5-10(13)11(14)7-9/h4-5,7H,1,3,6H2,2H3. The van der Waals surface area contributed by atoms with Crippen LogP contribution >= 0.6 is 11.6 Å². The molecule has 1 rings (SSSR count). The summed E-state index contributed by atoms with van der Waals surface area (Å²) in [6.45, 7) is 5.56. The molecule has 0 spiro atoms. The van der Waals surface area contributed by atoms with Gasteiger partial charge in [-0.15, -0.1) is 6.58 Å². The quantitative estimate of drug-likeness (QED) is 0.560. The lowest BCUT2D eigenvalue weighted by Gasteiger charge is -2.02. The minimum absolute atomic E-state index is 0.0338. The molecule has 0 aromatic heterocycles. The Morgan fingerprint density at radius 3 is 2.67 bits per heavy atom. The van der Waals surface area contributed by atoms with Gasteiger partial charge in [-0.1, -0.05) is 17.2 Å². The van der Waals surface area contributed by atoms with Gasteiger partial charge in [-0.2, -0.15) is 0 Å². The maximum absolute atomic E-state index is 13.0. The summed E-state index contributed by atoms with van der Waals surface area (Å²) in [6.07, 6.45) is 0.986. The number of ketones is 1. The van der Waals surface area contributed by atoms with Crippen LogP contribution in [-0.2, 0) is 0 Å². The van der Waals surface area contributed by atoms with Crippen LogP contribution in [0.15, 0.2) is 30.4 Å². The summed E-state index contributed by atoms with van der Waals surface area (Å²) in [5.41, 5.74) is 1.30. The molecule has 1 aromatic rings. The Bertz CT molecular complexity index is 399. The number of benzene rings is 1. The van der Waals surface area contributed by atoms with Crippen LogP contribution in [0.4, 0.5) is 4.39 Å². The number of hydrogen-bond donors (Lipinski definition) is 0. The van der Waals surface area contributed by atoms with E-state index in [0.717, 1.165) is 5.57 Å². The molecule has 0 amide bonds. The molecule has 0 N–H and O–H groups in total. The second kappa shape index (κ2) is 5.08. The summed E-state index contributed by atoms with van der Waals surface area (Å²) >= 11 is 5.51. The second-order valence-electron chi connectivity index (χ2n) is 3.51. The number of allylic oxidation sites excluding steroid dienone is 1. The maximum Gasteiger partial charge on any atom is 0.163 e. The number of Topliss-reactive ketones (excluding diaryl/α,β-unsaturated/α-hetero) is 1. The van der Waals surface area contributed by atoms with Gasteiger partial charge in [0.2, 0.25) is 0 Å². The van der Waals surface area contributed by atoms with E-state index in [0.29, 0.717) is 18.4 Å². The van der Waals surface area contributed by atoms with E-state index in [4.69, 9.17) is 11.6 Å².